The number of hydrogen-bond acceptors (Lipinski definition) is 2. The zero-order valence-electron chi connectivity index (χ0n) is 13.0. The van der Waals surface area contributed by atoms with E-state index in [1.54, 1.807) is 12.1 Å². The van der Waals surface area contributed by atoms with Gasteiger partial charge in [-0.25, -0.2) is 4.39 Å². The molecule has 1 aliphatic heterocycles. The van der Waals surface area contributed by atoms with Crippen molar-refractivity contribution in [3.63, 3.8) is 0 Å². The van der Waals surface area contributed by atoms with E-state index in [1.807, 2.05) is 0 Å². The van der Waals surface area contributed by atoms with Crippen LogP contribution in [0.5, 0.6) is 0 Å². The molecule has 0 radical (unpaired) electrons. The lowest BCUT2D eigenvalue weighted by molar-refractivity contribution is 0.0976. The number of halogens is 2. The van der Waals surface area contributed by atoms with Gasteiger partial charge in [0.1, 0.15) is 5.82 Å². The van der Waals surface area contributed by atoms with E-state index >= 15 is 0 Å². The van der Waals surface area contributed by atoms with Gasteiger partial charge < -0.3 is 5.73 Å². The zero-order valence-corrected chi connectivity index (χ0v) is 13.8. The van der Waals surface area contributed by atoms with E-state index in [-0.39, 0.29) is 17.4 Å². The maximum Gasteiger partial charge on any atom is 0.127 e. The van der Waals surface area contributed by atoms with Crippen molar-refractivity contribution >= 4 is 11.6 Å². The van der Waals surface area contributed by atoms with Crippen LogP contribution in [-0.4, -0.2) is 29.6 Å². The Kier molecular flexibility index (Phi) is 5.64. The minimum absolute atomic E-state index is 0.105. The van der Waals surface area contributed by atoms with Gasteiger partial charge in [-0.1, -0.05) is 30.5 Å². The van der Waals surface area contributed by atoms with E-state index in [4.69, 9.17) is 17.3 Å². The van der Waals surface area contributed by atoms with Gasteiger partial charge >= 0.3 is 0 Å². The van der Waals surface area contributed by atoms with Crippen molar-refractivity contribution in [3.05, 3.63) is 34.6 Å². The largest absolute Gasteiger partial charge is 0.326 e. The summed E-state index contributed by atoms with van der Waals surface area (Å²) in [5.41, 5.74) is 6.95. The highest BCUT2D eigenvalue weighted by Crippen LogP contribution is 2.25. The van der Waals surface area contributed by atoms with Crippen molar-refractivity contribution in [2.45, 2.75) is 57.5 Å². The summed E-state index contributed by atoms with van der Waals surface area (Å²) in [5.74, 6) is -0.260. The van der Waals surface area contributed by atoms with Gasteiger partial charge in [0.2, 0.25) is 0 Å². The molecular formula is C17H26ClFN2. The van der Waals surface area contributed by atoms with E-state index in [2.05, 4.69) is 18.7 Å². The van der Waals surface area contributed by atoms with Gasteiger partial charge in [0.25, 0.3) is 0 Å². The first kappa shape index (κ1) is 16.7. The second kappa shape index (κ2) is 7.08. The smallest absolute Gasteiger partial charge is 0.127 e. The third-order valence-corrected chi connectivity index (χ3v) is 5.02. The Morgan fingerprint density at radius 3 is 2.43 bits per heavy atom. The lowest BCUT2D eigenvalue weighted by atomic mass is 9.87. The normalized spacial score (nSPS) is 19.3. The average Bonchev–Trinajstić information content (AvgIpc) is 2.71. The minimum Gasteiger partial charge on any atom is -0.326 e. The molecule has 21 heavy (non-hydrogen) atoms. The van der Waals surface area contributed by atoms with Crippen molar-refractivity contribution in [1.29, 1.82) is 0 Å². The summed E-state index contributed by atoms with van der Waals surface area (Å²) < 4.78 is 14.0. The van der Waals surface area contributed by atoms with Crippen LogP contribution in [0, 0.1) is 5.82 Å². The lowest BCUT2D eigenvalue weighted by Gasteiger charge is -2.42. The number of benzene rings is 1. The van der Waals surface area contributed by atoms with Gasteiger partial charge in [-0.3, -0.25) is 4.90 Å². The fourth-order valence-electron chi connectivity index (χ4n) is 3.06. The van der Waals surface area contributed by atoms with Crippen LogP contribution in [0.25, 0.3) is 0 Å². The summed E-state index contributed by atoms with van der Waals surface area (Å²) >= 11 is 5.80. The van der Waals surface area contributed by atoms with Crippen LogP contribution in [0.4, 0.5) is 4.39 Å². The molecular weight excluding hydrogens is 287 g/mol. The molecule has 0 saturated carbocycles. The molecule has 2 rings (SSSR count). The van der Waals surface area contributed by atoms with Crippen LogP contribution in [0.1, 0.15) is 45.1 Å². The van der Waals surface area contributed by atoms with Gasteiger partial charge in [0, 0.05) is 16.6 Å². The number of nitrogens with two attached hydrogens (primary N) is 1. The number of hydrogen-bond donors (Lipinski definition) is 1. The van der Waals surface area contributed by atoms with E-state index in [0.717, 1.165) is 13.1 Å². The van der Waals surface area contributed by atoms with Gasteiger partial charge in [-0.05, 0) is 63.9 Å². The number of likely N-dealkylation sites (tertiary alicyclic amines) is 1. The molecule has 2 N–H and O–H groups in total. The molecule has 0 spiro atoms. The third kappa shape index (κ3) is 4.18. The van der Waals surface area contributed by atoms with Gasteiger partial charge in [0.15, 0.2) is 0 Å². The molecule has 1 saturated heterocycles. The highest BCUT2D eigenvalue weighted by Gasteiger charge is 2.33. The fourth-order valence-corrected chi connectivity index (χ4v) is 3.21. The van der Waals surface area contributed by atoms with E-state index < -0.39 is 0 Å². The molecule has 118 valence electrons. The highest BCUT2D eigenvalue weighted by atomic mass is 35.5. The zero-order chi connectivity index (χ0) is 15.5. The van der Waals surface area contributed by atoms with Crippen molar-refractivity contribution in [2.24, 2.45) is 5.73 Å². The van der Waals surface area contributed by atoms with Crippen molar-refractivity contribution in [1.82, 2.24) is 4.90 Å². The molecule has 1 aromatic rings. The predicted molar refractivity (Wildman–Crippen MR) is 87.2 cm³/mol. The van der Waals surface area contributed by atoms with Crippen LogP contribution in [0.15, 0.2) is 18.2 Å². The Hall–Kier alpha value is -0.640. The first-order valence-corrected chi connectivity index (χ1v) is 8.23. The lowest BCUT2D eigenvalue weighted by Crippen LogP contribution is -2.57. The van der Waals surface area contributed by atoms with Gasteiger partial charge in [0.05, 0.1) is 0 Å². The SMILES string of the molecule is CC(C)(C(N)Cc1ccc(Cl)cc1F)N1CCCCCC1. The predicted octanol–water partition coefficient (Wildman–Crippen LogP) is 4.00. The van der Waals surface area contributed by atoms with Gasteiger partial charge in [-0.2, -0.15) is 0 Å². The highest BCUT2D eigenvalue weighted by molar-refractivity contribution is 6.30. The molecule has 1 atom stereocenters. The van der Waals surface area contributed by atoms with Crippen LogP contribution in [0.3, 0.4) is 0 Å². The summed E-state index contributed by atoms with van der Waals surface area (Å²) in [4.78, 5) is 2.47. The number of nitrogens with zero attached hydrogens (tertiary/aromatic N) is 1. The van der Waals surface area contributed by atoms with Crippen molar-refractivity contribution in [3.8, 4) is 0 Å². The van der Waals surface area contributed by atoms with Gasteiger partial charge in [-0.15, -0.1) is 0 Å². The van der Waals surface area contributed by atoms with Crippen molar-refractivity contribution < 1.29 is 4.39 Å². The number of rotatable bonds is 4. The molecule has 0 amide bonds. The fraction of sp³-hybridized carbons (Fsp3) is 0.647. The third-order valence-electron chi connectivity index (χ3n) is 4.78. The second-order valence-electron chi connectivity index (χ2n) is 6.60. The minimum atomic E-state index is -0.260. The summed E-state index contributed by atoms with van der Waals surface area (Å²) in [6, 6.07) is 4.73. The molecule has 1 aliphatic rings. The van der Waals surface area contributed by atoms with Crippen LogP contribution in [-0.2, 0) is 6.42 Å². The summed E-state index contributed by atoms with van der Waals surface area (Å²) in [7, 11) is 0. The molecule has 1 unspecified atom stereocenters. The first-order valence-electron chi connectivity index (χ1n) is 7.86. The summed E-state index contributed by atoms with van der Waals surface area (Å²) in [6.45, 7) is 6.53. The Morgan fingerprint density at radius 2 is 1.86 bits per heavy atom. The Morgan fingerprint density at radius 1 is 1.24 bits per heavy atom. The Labute approximate surface area is 132 Å². The Balaban J connectivity index is 2.07. The van der Waals surface area contributed by atoms with E-state index in [9.17, 15) is 4.39 Å². The molecule has 1 fully saturated rings. The molecule has 0 aromatic heterocycles. The summed E-state index contributed by atoms with van der Waals surface area (Å²) in [5, 5.41) is 0.427. The first-order chi connectivity index (χ1) is 9.91. The molecule has 2 nitrogen and oxygen atoms in total. The summed E-state index contributed by atoms with van der Waals surface area (Å²) in [6.07, 6.45) is 5.59. The quantitative estimate of drug-likeness (QED) is 0.910. The standard InChI is InChI=1S/C17H26ClFN2/c1-17(2,21-9-5-3-4-6-10-21)16(20)11-13-7-8-14(18)12-15(13)19/h7-8,12,16H,3-6,9-11,20H2,1-2H3. The molecule has 0 aliphatic carbocycles. The monoisotopic (exact) mass is 312 g/mol. The maximum absolute atomic E-state index is 14.0. The molecule has 1 aromatic carbocycles. The van der Waals surface area contributed by atoms with Crippen LogP contribution < -0.4 is 5.73 Å². The topological polar surface area (TPSA) is 29.3 Å². The maximum atomic E-state index is 14.0. The molecule has 0 bridgehead atoms. The molecule has 1 heterocycles. The Bertz CT molecular complexity index is 468. The van der Waals surface area contributed by atoms with Crippen molar-refractivity contribution in [2.75, 3.05) is 13.1 Å². The second-order valence-corrected chi connectivity index (χ2v) is 7.04. The van der Waals surface area contributed by atoms with E-state index in [1.165, 1.54) is 31.7 Å². The van der Waals surface area contributed by atoms with Crippen LogP contribution >= 0.6 is 11.6 Å². The van der Waals surface area contributed by atoms with E-state index in [0.29, 0.717) is 17.0 Å². The van der Waals surface area contributed by atoms with Crippen LogP contribution in [0.2, 0.25) is 5.02 Å². The molecule has 4 heteroatoms. The average molecular weight is 313 g/mol.